The number of aliphatic hydroxyl groups is 1. The fourth-order valence-electron chi connectivity index (χ4n) is 3.94. The van der Waals surface area contributed by atoms with Gasteiger partial charge in [0.05, 0.1) is 23.2 Å². The van der Waals surface area contributed by atoms with E-state index >= 15 is 0 Å². The highest BCUT2D eigenvalue weighted by Crippen LogP contribution is 2.42. The molecule has 8 heteroatoms. The summed E-state index contributed by atoms with van der Waals surface area (Å²) in [6.45, 7) is 2.78. The van der Waals surface area contributed by atoms with Crippen molar-refractivity contribution in [2.75, 3.05) is 4.90 Å². The Hall–Kier alpha value is -4.77. The van der Waals surface area contributed by atoms with Crippen LogP contribution < -0.4 is 9.64 Å². The molecular weight excluding hydrogens is 451 g/mol. The Labute approximate surface area is 200 Å². The Balaban J connectivity index is 1.90. The van der Waals surface area contributed by atoms with Crippen LogP contribution >= 0.6 is 0 Å². The van der Waals surface area contributed by atoms with Crippen molar-refractivity contribution in [1.82, 2.24) is 0 Å². The van der Waals surface area contributed by atoms with Gasteiger partial charge in [0.1, 0.15) is 17.3 Å². The molecule has 1 unspecified atom stereocenters. The maximum absolute atomic E-state index is 13.8. The molecule has 3 aromatic carbocycles. The number of nitrogens with zero attached hydrogens (tertiary/aromatic N) is 2. The van der Waals surface area contributed by atoms with E-state index in [2.05, 4.69) is 0 Å². The number of halogens is 1. The molecule has 1 heterocycles. The molecule has 174 valence electrons. The lowest BCUT2D eigenvalue weighted by Gasteiger charge is -2.25. The van der Waals surface area contributed by atoms with Crippen molar-refractivity contribution in [2.24, 2.45) is 0 Å². The Bertz CT molecular complexity index is 1420. The third-order valence-corrected chi connectivity index (χ3v) is 5.61. The minimum absolute atomic E-state index is 0.175. The van der Waals surface area contributed by atoms with E-state index in [1.165, 1.54) is 73.3 Å². The van der Waals surface area contributed by atoms with Gasteiger partial charge in [0.2, 0.25) is 0 Å². The van der Waals surface area contributed by atoms with Crippen molar-refractivity contribution < 1.29 is 28.6 Å². The first-order chi connectivity index (χ1) is 16.7. The second-order valence-electron chi connectivity index (χ2n) is 7.95. The van der Waals surface area contributed by atoms with Crippen LogP contribution in [-0.4, -0.2) is 22.8 Å². The number of amides is 1. The molecule has 0 bridgehead atoms. The van der Waals surface area contributed by atoms with E-state index in [9.17, 15) is 23.9 Å². The van der Waals surface area contributed by atoms with E-state index < -0.39 is 35.3 Å². The Morgan fingerprint density at radius 3 is 2.29 bits per heavy atom. The topological polar surface area (TPSA) is 108 Å². The highest BCUT2D eigenvalue weighted by Gasteiger charge is 2.47. The maximum atomic E-state index is 13.8. The summed E-state index contributed by atoms with van der Waals surface area (Å²) in [5.41, 5.74) is 1.44. The zero-order chi connectivity index (χ0) is 25.3. The Kier molecular flexibility index (Phi) is 6.17. The van der Waals surface area contributed by atoms with Gasteiger partial charge in [-0.2, -0.15) is 5.26 Å². The van der Waals surface area contributed by atoms with Gasteiger partial charge in [0.25, 0.3) is 11.7 Å². The van der Waals surface area contributed by atoms with Crippen LogP contribution in [0.3, 0.4) is 0 Å². The second kappa shape index (κ2) is 9.23. The number of aliphatic hydroxyl groups excluding tert-OH is 1. The number of rotatable bonds is 4. The summed E-state index contributed by atoms with van der Waals surface area (Å²) in [4.78, 5) is 38.8. The van der Waals surface area contributed by atoms with Gasteiger partial charge < -0.3 is 9.84 Å². The average molecular weight is 470 g/mol. The number of hydrogen-bond donors (Lipinski definition) is 1. The van der Waals surface area contributed by atoms with Crippen molar-refractivity contribution in [2.45, 2.75) is 19.9 Å². The van der Waals surface area contributed by atoms with E-state index in [0.717, 1.165) is 0 Å². The molecule has 1 fully saturated rings. The van der Waals surface area contributed by atoms with Crippen molar-refractivity contribution >= 4 is 29.1 Å². The van der Waals surface area contributed by atoms with Crippen molar-refractivity contribution in [1.29, 1.82) is 5.26 Å². The van der Waals surface area contributed by atoms with Gasteiger partial charge in [-0.25, -0.2) is 4.39 Å². The lowest BCUT2D eigenvalue weighted by molar-refractivity contribution is -0.132. The number of ether oxygens (including phenoxy) is 1. The molecule has 4 rings (SSSR count). The summed E-state index contributed by atoms with van der Waals surface area (Å²) in [6, 6.07) is 17.1. The van der Waals surface area contributed by atoms with E-state index in [-0.39, 0.29) is 22.4 Å². The molecule has 0 aliphatic carbocycles. The monoisotopic (exact) mass is 470 g/mol. The number of hydrogen-bond acceptors (Lipinski definition) is 6. The average Bonchev–Trinajstić information content (AvgIpc) is 3.11. The lowest BCUT2D eigenvalue weighted by Crippen LogP contribution is -2.29. The predicted molar refractivity (Wildman–Crippen MR) is 125 cm³/mol. The summed E-state index contributed by atoms with van der Waals surface area (Å²) in [5, 5.41) is 20.2. The number of anilines is 1. The van der Waals surface area contributed by atoms with Gasteiger partial charge >= 0.3 is 5.97 Å². The molecule has 0 spiro atoms. The molecule has 0 aromatic heterocycles. The maximum Gasteiger partial charge on any atom is 0.308 e. The number of nitriles is 1. The molecule has 35 heavy (non-hydrogen) atoms. The van der Waals surface area contributed by atoms with Gasteiger partial charge in [-0.3, -0.25) is 19.3 Å². The van der Waals surface area contributed by atoms with Crippen LogP contribution in [0, 0.1) is 24.1 Å². The number of benzene rings is 3. The van der Waals surface area contributed by atoms with Gasteiger partial charge in [-0.1, -0.05) is 12.1 Å². The van der Waals surface area contributed by atoms with Crippen LogP contribution in [0.1, 0.15) is 35.2 Å². The fraction of sp³-hybridized carbons (Fsp3) is 0.111. The lowest BCUT2D eigenvalue weighted by atomic mass is 9.94. The molecule has 1 saturated heterocycles. The van der Waals surface area contributed by atoms with Crippen LogP contribution in [0.25, 0.3) is 5.76 Å². The number of carbonyl (C=O) groups is 3. The van der Waals surface area contributed by atoms with Crippen LogP contribution in [-0.2, 0) is 14.4 Å². The van der Waals surface area contributed by atoms with Crippen LogP contribution in [0.4, 0.5) is 10.1 Å². The normalized spacial score (nSPS) is 16.7. The summed E-state index contributed by atoms with van der Waals surface area (Å²) in [7, 11) is 0. The molecular formula is C27H19FN2O5. The first kappa shape index (κ1) is 23.4. The number of Topliss-reactive ketones (excluding diaryl/α,β-unsaturated/α-hetero) is 1. The third kappa shape index (κ3) is 4.39. The smallest absolute Gasteiger partial charge is 0.308 e. The van der Waals surface area contributed by atoms with Crippen LogP contribution in [0.2, 0.25) is 0 Å². The zero-order valence-electron chi connectivity index (χ0n) is 18.8. The van der Waals surface area contributed by atoms with E-state index in [1.54, 1.807) is 12.1 Å². The Morgan fingerprint density at radius 2 is 1.71 bits per heavy atom. The van der Waals surface area contributed by atoms with Crippen LogP contribution in [0.5, 0.6) is 5.75 Å². The molecule has 1 atom stereocenters. The van der Waals surface area contributed by atoms with Gasteiger partial charge in [0, 0.05) is 18.2 Å². The van der Waals surface area contributed by atoms with Crippen molar-refractivity contribution in [3.63, 3.8) is 0 Å². The SMILES string of the molecule is CC(=O)Oc1ccc(C2/C(=C(/O)c3ccc(F)c(C)c3)C(=O)C(=O)N2c2ccc(C#N)cc2)cc1. The van der Waals surface area contributed by atoms with Gasteiger partial charge in [-0.05, 0) is 72.6 Å². The first-order valence-corrected chi connectivity index (χ1v) is 10.6. The number of aryl methyl sites for hydroxylation is 1. The quantitative estimate of drug-likeness (QED) is 0.197. The van der Waals surface area contributed by atoms with E-state index in [0.29, 0.717) is 16.8 Å². The minimum Gasteiger partial charge on any atom is -0.507 e. The summed E-state index contributed by atoms with van der Waals surface area (Å²) >= 11 is 0. The summed E-state index contributed by atoms with van der Waals surface area (Å²) < 4.78 is 18.9. The number of ketones is 1. The zero-order valence-corrected chi connectivity index (χ0v) is 18.8. The summed E-state index contributed by atoms with van der Waals surface area (Å²) in [6.07, 6.45) is 0. The van der Waals surface area contributed by atoms with E-state index in [4.69, 9.17) is 10.00 Å². The molecule has 1 N–H and O–H groups in total. The highest BCUT2D eigenvalue weighted by atomic mass is 19.1. The number of carbonyl (C=O) groups excluding carboxylic acids is 3. The molecule has 0 radical (unpaired) electrons. The van der Waals surface area contributed by atoms with Gasteiger partial charge in [-0.15, -0.1) is 0 Å². The molecule has 1 aliphatic heterocycles. The Morgan fingerprint density at radius 1 is 1.06 bits per heavy atom. The fourth-order valence-corrected chi connectivity index (χ4v) is 3.94. The van der Waals surface area contributed by atoms with Crippen LogP contribution in [0.15, 0.2) is 72.3 Å². The molecule has 0 saturated carbocycles. The van der Waals surface area contributed by atoms with Gasteiger partial charge in [0.15, 0.2) is 0 Å². The minimum atomic E-state index is -1.03. The molecule has 7 nitrogen and oxygen atoms in total. The standard InChI is InChI=1S/C27H19FN2O5/c1-15-13-19(7-12-22(15)28)25(32)23-24(18-5-10-21(11-6-18)35-16(2)31)30(27(34)26(23)33)20-8-3-17(14-29)4-9-20/h3-13,24,32H,1-2H3/b25-23-. The molecule has 3 aromatic rings. The van der Waals surface area contributed by atoms with Crippen molar-refractivity contribution in [3.8, 4) is 11.8 Å². The van der Waals surface area contributed by atoms with E-state index in [1.807, 2.05) is 6.07 Å². The predicted octanol–water partition coefficient (Wildman–Crippen LogP) is 4.56. The largest absolute Gasteiger partial charge is 0.507 e. The second-order valence-corrected chi connectivity index (χ2v) is 7.95. The molecule has 1 amide bonds. The van der Waals surface area contributed by atoms with Crippen molar-refractivity contribution in [3.05, 3.63) is 100 Å². The highest BCUT2D eigenvalue weighted by molar-refractivity contribution is 6.51. The molecule has 1 aliphatic rings. The third-order valence-electron chi connectivity index (χ3n) is 5.61. The first-order valence-electron chi connectivity index (χ1n) is 10.6. The summed E-state index contributed by atoms with van der Waals surface area (Å²) in [5.74, 6) is -2.94. The number of esters is 1.